The van der Waals surface area contributed by atoms with Crippen LogP contribution < -0.4 is 15.2 Å². The third-order valence-electron chi connectivity index (χ3n) is 4.97. The molecule has 4 rings (SSSR count). The Bertz CT molecular complexity index is 1180. The van der Waals surface area contributed by atoms with Gasteiger partial charge in [0.2, 0.25) is 5.91 Å². The Kier molecular flexibility index (Phi) is 7.26. The zero-order chi connectivity index (χ0) is 23.0. The van der Waals surface area contributed by atoms with E-state index < -0.39 is 0 Å². The van der Waals surface area contributed by atoms with Gasteiger partial charge in [-0.05, 0) is 48.9 Å². The number of hydrogen-bond acceptors (Lipinski definition) is 6. The molecule has 0 spiro atoms. The average molecular weight is 460 g/mol. The summed E-state index contributed by atoms with van der Waals surface area (Å²) in [6, 6.07) is 27.5. The van der Waals surface area contributed by atoms with E-state index in [2.05, 4.69) is 15.6 Å². The molecule has 0 aliphatic heterocycles. The van der Waals surface area contributed by atoms with E-state index in [0.717, 1.165) is 28.5 Å². The molecule has 1 aromatic heterocycles. The van der Waals surface area contributed by atoms with Gasteiger partial charge in [0.25, 0.3) is 0 Å². The van der Waals surface area contributed by atoms with Crippen LogP contribution in [0.5, 0.6) is 5.75 Å². The molecule has 168 valence electrons. The van der Waals surface area contributed by atoms with E-state index in [1.54, 1.807) is 7.11 Å². The number of aryl methyl sites for hydroxylation is 1. The van der Waals surface area contributed by atoms with E-state index in [0.29, 0.717) is 11.7 Å². The van der Waals surface area contributed by atoms with E-state index >= 15 is 0 Å². The molecular weight excluding hydrogens is 434 g/mol. The van der Waals surface area contributed by atoms with Crippen molar-refractivity contribution in [2.75, 3.05) is 17.9 Å². The van der Waals surface area contributed by atoms with Gasteiger partial charge in [-0.25, -0.2) is 0 Å². The van der Waals surface area contributed by atoms with Crippen LogP contribution in [0.4, 0.5) is 5.69 Å². The number of rotatable bonds is 9. The van der Waals surface area contributed by atoms with Crippen LogP contribution in [0, 0.1) is 6.92 Å². The third-order valence-corrected chi connectivity index (χ3v) is 5.90. The molecule has 3 aromatic carbocycles. The highest BCUT2D eigenvalue weighted by Crippen LogP contribution is 2.23. The number of ether oxygens (including phenoxy) is 1. The van der Waals surface area contributed by atoms with Crippen LogP contribution in [0.1, 0.15) is 11.4 Å². The van der Waals surface area contributed by atoms with Gasteiger partial charge in [-0.15, -0.1) is 10.2 Å². The van der Waals surface area contributed by atoms with Crippen molar-refractivity contribution in [2.24, 2.45) is 0 Å². The van der Waals surface area contributed by atoms with Gasteiger partial charge in [-0.3, -0.25) is 19.8 Å². The first-order chi connectivity index (χ1) is 16.1. The van der Waals surface area contributed by atoms with Gasteiger partial charge >= 0.3 is 0 Å². The summed E-state index contributed by atoms with van der Waals surface area (Å²) >= 11 is 1.34. The molecule has 0 saturated heterocycles. The van der Waals surface area contributed by atoms with Gasteiger partial charge in [-0.1, -0.05) is 60.3 Å². The molecular formula is C25H25N5O2S. The average Bonchev–Trinajstić information content (AvgIpc) is 3.23. The molecule has 1 N–H and O–H groups in total. The Morgan fingerprint density at radius 2 is 1.64 bits per heavy atom. The normalized spacial score (nSPS) is 10.6. The highest BCUT2D eigenvalue weighted by atomic mass is 32.2. The summed E-state index contributed by atoms with van der Waals surface area (Å²) in [6.45, 7) is 2.45. The van der Waals surface area contributed by atoms with Crippen molar-refractivity contribution in [2.45, 2.75) is 18.6 Å². The van der Waals surface area contributed by atoms with Crippen LogP contribution in [-0.2, 0) is 11.3 Å². The number of amides is 1. The number of benzene rings is 3. The van der Waals surface area contributed by atoms with Gasteiger partial charge in [0, 0.05) is 5.69 Å². The van der Waals surface area contributed by atoms with Crippen molar-refractivity contribution in [3.63, 3.8) is 0 Å². The monoisotopic (exact) mass is 459 g/mol. The maximum atomic E-state index is 12.9. The van der Waals surface area contributed by atoms with E-state index in [1.165, 1.54) is 11.8 Å². The second-order valence-corrected chi connectivity index (χ2v) is 8.24. The molecule has 0 atom stereocenters. The van der Waals surface area contributed by atoms with Crippen molar-refractivity contribution in [3.05, 3.63) is 96.3 Å². The van der Waals surface area contributed by atoms with Crippen molar-refractivity contribution in [3.8, 4) is 11.4 Å². The summed E-state index contributed by atoms with van der Waals surface area (Å²) in [5.74, 6) is 1.60. The molecule has 0 saturated carbocycles. The second-order valence-electron chi connectivity index (χ2n) is 7.29. The molecule has 0 aliphatic carbocycles. The summed E-state index contributed by atoms with van der Waals surface area (Å²) in [5.41, 5.74) is 5.96. The molecule has 7 nitrogen and oxygen atoms in total. The summed E-state index contributed by atoms with van der Waals surface area (Å²) in [5, 5.41) is 11.0. The van der Waals surface area contributed by atoms with E-state index in [-0.39, 0.29) is 11.7 Å². The molecule has 1 amide bonds. The Hall–Kier alpha value is -3.78. The quantitative estimate of drug-likeness (QED) is 0.295. The number of aromatic nitrogens is 3. The second kappa shape index (κ2) is 10.7. The van der Waals surface area contributed by atoms with Crippen LogP contribution in [0.15, 0.2) is 90.1 Å². The molecule has 0 radical (unpaired) electrons. The molecule has 8 heteroatoms. The van der Waals surface area contributed by atoms with Crippen molar-refractivity contribution < 1.29 is 9.53 Å². The first kappa shape index (κ1) is 22.4. The summed E-state index contributed by atoms with van der Waals surface area (Å²) in [4.78, 5) is 12.9. The number of hydrazine groups is 1. The van der Waals surface area contributed by atoms with Gasteiger partial charge in [0.1, 0.15) is 11.6 Å². The first-order valence-corrected chi connectivity index (χ1v) is 11.5. The Morgan fingerprint density at radius 1 is 0.970 bits per heavy atom. The van der Waals surface area contributed by atoms with E-state index in [4.69, 9.17) is 4.74 Å². The van der Waals surface area contributed by atoms with Crippen molar-refractivity contribution >= 4 is 23.4 Å². The Balaban J connectivity index is 1.45. The number of nitrogens with one attached hydrogen (secondary N) is 1. The van der Waals surface area contributed by atoms with Gasteiger partial charge in [0.15, 0.2) is 5.16 Å². The Morgan fingerprint density at radius 3 is 2.30 bits per heavy atom. The predicted molar refractivity (Wildman–Crippen MR) is 131 cm³/mol. The topological polar surface area (TPSA) is 72.3 Å². The SMILES string of the molecule is COc1ccc(-n2c(C)nnc2SCC(=O)NN(Cc2ccccc2)c2ccccc2)cc1. The first-order valence-electron chi connectivity index (χ1n) is 10.5. The molecule has 4 aromatic rings. The summed E-state index contributed by atoms with van der Waals surface area (Å²) < 4.78 is 7.17. The number of nitrogens with zero attached hydrogens (tertiary/aromatic N) is 4. The van der Waals surface area contributed by atoms with Crippen LogP contribution in [0.2, 0.25) is 0 Å². The minimum Gasteiger partial charge on any atom is -0.497 e. The Labute approximate surface area is 197 Å². The zero-order valence-corrected chi connectivity index (χ0v) is 19.3. The minimum atomic E-state index is -0.123. The van der Waals surface area contributed by atoms with Crippen LogP contribution >= 0.6 is 11.8 Å². The number of anilines is 1. The van der Waals surface area contributed by atoms with Crippen LogP contribution in [0.25, 0.3) is 5.69 Å². The van der Waals surface area contributed by atoms with Crippen molar-refractivity contribution in [1.29, 1.82) is 0 Å². The molecule has 0 aliphatic rings. The van der Waals surface area contributed by atoms with Crippen molar-refractivity contribution in [1.82, 2.24) is 20.2 Å². The number of para-hydroxylation sites is 1. The van der Waals surface area contributed by atoms with Gasteiger partial charge in [-0.2, -0.15) is 0 Å². The van der Waals surface area contributed by atoms with Gasteiger partial charge in [0.05, 0.1) is 25.1 Å². The maximum absolute atomic E-state index is 12.9. The summed E-state index contributed by atoms with van der Waals surface area (Å²) in [6.07, 6.45) is 0. The predicted octanol–water partition coefficient (Wildman–Crippen LogP) is 4.41. The molecule has 1 heterocycles. The van der Waals surface area contributed by atoms with Crippen LogP contribution in [-0.4, -0.2) is 33.5 Å². The lowest BCUT2D eigenvalue weighted by Gasteiger charge is -2.25. The highest BCUT2D eigenvalue weighted by Gasteiger charge is 2.16. The number of carbonyl (C=O) groups is 1. The fourth-order valence-electron chi connectivity index (χ4n) is 3.35. The lowest BCUT2D eigenvalue weighted by Crippen LogP contribution is -2.42. The zero-order valence-electron chi connectivity index (χ0n) is 18.5. The lowest BCUT2D eigenvalue weighted by molar-refractivity contribution is -0.118. The highest BCUT2D eigenvalue weighted by molar-refractivity contribution is 7.99. The fourth-order valence-corrected chi connectivity index (χ4v) is 4.14. The maximum Gasteiger partial charge on any atom is 0.248 e. The van der Waals surface area contributed by atoms with Gasteiger partial charge < -0.3 is 4.74 Å². The largest absolute Gasteiger partial charge is 0.497 e. The van der Waals surface area contributed by atoms with Crippen LogP contribution in [0.3, 0.4) is 0 Å². The molecule has 0 fully saturated rings. The smallest absolute Gasteiger partial charge is 0.248 e. The number of thioether (sulfide) groups is 1. The molecule has 33 heavy (non-hydrogen) atoms. The third kappa shape index (κ3) is 5.72. The lowest BCUT2D eigenvalue weighted by atomic mass is 10.2. The number of hydrogen-bond donors (Lipinski definition) is 1. The molecule has 0 unspecified atom stereocenters. The number of carbonyl (C=O) groups excluding carboxylic acids is 1. The minimum absolute atomic E-state index is 0.123. The number of methoxy groups -OCH3 is 1. The van der Waals surface area contributed by atoms with E-state index in [9.17, 15) is 4.79 Å². The standard InChI is InChI=1S/C25H25N5O2S/c1-19-26-27-25(30(19)22-13-15-23(32-2)16-14-22)33-18-24(31)28-29(21-11-7-4-8-12-21)17-20-9-5-3-6-10-20/h3-16H,17-18H2,1-2H3,(H,28,31). The van der Waals surface area contributed by atoms with E-state index in [1.807, 2.05) is 101 Å². The summed E-state index contributed by atoms with van der Waals surface area (Å²) in [7, 11) is 1.63. The fraction of sp³-hybridized carbons (Fsp3) is 0.160. The molecule has 0 bridgehead atoms.